The number of hydrogen-bond donors (Lipinski definition) is 4. The first-order chi connectivity index (χ1) is 29.9. The van der Waals surface area contributed by atoms with Crippen molar-refractivity contribution >= 4 is 5.97 Å². The maximum Gasteiger partial charge on any atom is 0.306 e. The average Bonchev–Trinajstić information content (AvgIpc) is 3.26. The molecule has 0 aliphatic carbocycles. The minimum atomic E-state index is -1.54. The van der Waals surface area contributed by atoms with Crippen LogP contribution in [0.15, 0.2) is 72.9 Å². The molecule has 0 spiro atoms. The Bertz CT molecular complexity index is 1160. The van der Waals surface area contributed by atoms with Gasteiger partial charge in [-0.25, -0.2) is 0 Å². The normalized spacial score (nSPS) is 20.5. The second kappa shape index (κ2) is 42.9. The maximum absolute atomic E-state index is 12.8. The average molecular weight is 859 g/mol. The van der Waals surface area contributed by atoms with Crippen LogP contribution in [0.25, 0.3) is 0 Å². The van der Waals surface area contributed by atoms with Crippen molar-refractivity contribution < 1.29 is 44.2 Å². The molecule has 0 amide bonds. The molecule has 1 aliphatic rings. The highest BCUT2D eigenvalue weighted by Gasteiger charge is 2.44. The highest BCUT2D eigenvalue weighted by Crippen LogP contribution is 2.22. The van der Waals surface area contributed by atoms with Gasteiger partial charge in [-0.2, -0.15) is 0 Å². The van der Waals surface area contributed by atoms with E-state index in [0.717, 1.165) is 83.5 Å². The molecule has 61 heavy (non-hydrogen) atoms. The minimum Gasteiger partial charge on any atom is -0.457 e. The molecular weight excluding hydrogens is 769 g/mol. The first kappa shape index (κ1) is 56.6. The van der Waals surface area contributed by atoms with Crippen LogP contribution in [0, 0.1) is 0 Å². The fraction of sp³-hybridized carbons (Fsp3) is 0.750. The summed E-state index contributed by atoms with van der Waals surface area (Å²) in [7, 11) is 0. The Labute approximate surface area is 372 Å². The highest BCUT2D eigenvalue weighted by atomic mass is 16.7. The van der Waals surface area contributed by atoms with Gasteiger partial charge in [0, 0.05) is 13.0 Å². The number of aliphatic hydroxyl groups excluding tert-OH is 4. The van der Waals surface area contributed by atoms with E-state index in [1.165, 1.54) is 83.5 Å². The van der Waals surface area contributed by atoms with Crippen molar-refractivity contribution in [1.29, 1.82) is 0 Å². The van der Waals surface area contributed by atoms with Crippen molar-refractivity contribution in [2.45, 2.75) is 224 Å². The molecule has 0 saturated carbocycles. The summed E-state index contributed by atoms with van der Waals surface area (Å²) in [6.07, 6.45) is 49.3. The molecule has 1 saturated heterocycles. The van der Waals surface area contributed by atoms with E-state index in [1.807, 2.05) is 0 Å². The summed E-state index contributed by atoms with van der Waals surface area (Å²) >= 11 is 0. The van der Waals surface area contributed by atoms with Crippen LogP contribution in [-0.4, -0.2) is 89.6 Å². The third-order valence-electron chi connectivity index (χ3n) is 10.9. The molecule has 1 aliphatic heterocycles. The van der Waals surface area contributed by atoms with E-state index in [9.17, 15) is 25.2 Å². The fourth-order valence-corrected chi connectivity index (χ4v) is 7.08. The number of esters is 1. The topological polar surface area (TPSA) is 135 Å². The lowest BCUT2D eigenvalue weighted by Gasteiger charge is -2.39. The summed E-state index contributed by atoms with van der Waals surface area (Å²) in [5, 5.41) is 40.2. The summed E-state index contributed by atoms with van der Waals surface area (Å²) in [4.78, 5) is 12.8. The number of rotatable bonds is 41. The van der Waals surface area contributed by atoms with Crippen molar-refractivity contribution in [2.75, 3.05) is 26.4 Å². The van der Waals surface area contributed by atoms with Gasteiger partial charge < -0.3 is 39.4 Å². The maximum atomic E-state index is 12.8. The molecule has 1 fully saturated rings. The van der Waals surface area contributed by atoms with E-state index < -0.39 is 43.4 Å². The number of ether oxygens (including phenoxy) is 4. The van der Waals surface area contributed by atoms with E-state index in [2.05, 4.69) is 86.8 Å². The quantitative estimate of drug-likeness (QED) is 0.0269. The molecule has 1 rings (SSSR count). The smallest absolute Gasteiger partial charge is 0.306 e. The van der Waals surface area contributed by atoms with Crippen LogP contribution >= 0.6 is 0 Å². The largest absolute Gasteiger partial charge is 0.457 e. The Hall–Kier alpha value is -2.37. The predicted molar refractivity (Wildman–Crippen MR) is 251 cm³/mol. The van der Waals surface area contributed by atoms with Crippen molar-refractivity contribution in [2.24, 2.45) is 0 Å². The van der Waals surface area contributed by atoms with Crippen molar-refractivity contribution in [3.05, 3.63) is 72.9 Å². The fourth-order valence-electron chi connectivity index (χ4n) is 7.08. The van der Waals surface area contributed by atoms with E-state index in [0.29, 0.717) is 13.0 Å². The Morgan fingerprint density at radius 1 is 0.541 bits per heavy atom. The van der Waals surface area contributed by atoms with Crippen LogP contribution in [0.5, 0.6) is 0 Å². The third kappa shape index (κ3) is 33.8. The van der Waals surface area contributed by atoms with Crippen LogP contribution in [0.2, 0.25) is 0 Å². The number of hydrogen-bond acceptors (Lipinski definition) is 9. The van der Waals surface area contributed by atoms with Gasteiger partial charge in [-0.3, -0.25) is 4.79 Å². The Balaban J connectivity index is 2.23. The third-order valence-corrected chi connectivity index (χ3v) is 10.9. The van der Waals surface area contributed by atoms with E-state index in [1.54, 1.807) is 0 Å². The van der Waals surface area contributed by atoms with Crippen LogP contribution < -0.4 is 0 Å². The molecule has 0 aromatic rings. The number of allylic oxidation sites excluding steroid dienone is 12. The molecule has 4 N–H and O–H groups in total. The first-order valence-corrected chi connectivity index (χ1v) is 24.5. The zero-order valence-electron chi connectivity index (χ0n) is 38.6. The van der Waals surface area contributed by atoms with Crippen molar-refractivity contribution in [3.63, 3.8) is 0 Å². The Morgan fingerprint density at radius 2 is 1.00 bits per heavy atom. The lowest BCUT2D eigenvalue weighted by Crippen LogP contribution is -2.59. The summed E-state index contributed by atoms with van der Waals surface area (Å²) in [6.45, 7) is 4.43. The standard InChI is InChI=1S/C52H90O9/c1-3-5-7-9-11-13-15-17-18-19-20-21-22-23-24-25-26-27-28-29-31-33-35-37-39-41-48(54)60-46(45-59-52-51(57)50(56)49(55)47(43-53)61-52)44-58-42-40-38-36-34-32-30-16-14-12-10-8-6-4-2/h5,7,11,13,17-18,20-21,23-24,26-27,46-47,49-53,55-57H,3-4,6,8-10,12,14-16,19,22,25,28-45H2,1-2H3/b7-5-,13-11-,18-17-,21-20-,24-23-,27-26-. The van der Waals surface area contributed by atoms with Gasteiger partial charge in [0.2, 0.25) is 0 Å². The highest BCUT2D eigenvalue weighted by molar-refractivity contribution is 5.69. The van der Waals surface area contributed by atoms with Gasteiger partial charge in [-0.15, -0.1) is 0 Å². The number of carbonyl (C=O) groups excluding carboxylic acids is 1. The van der Waals surface area contributed by atoms with Crippen molar-refractivity contribution in [3.8, 4) is 0 Å². The number of carbonyl (C=O) groups is 1. The predicted octanol–water partition coefficient (Wildman–Crippen LogP) is 11.6. The minimum absolute atomic E-state index is 0.121. The second-order valence-electron chi connectivity index (χ2n) is 16.5. The molecule has 0 bridgehead atoms. The molecule has 1 heterocycles. The Morgan fingerprint density at radius 3 is 1.51 bits per heavy atom. The molecule has 9 nitrogen and oxygen atoms in total. The summed E-state index contributed by atoms with van der Waals surface area (Å²) in [5.74, 6) is -0.329. The molecule has 352 valence electrons. The van der Waals surface area contributed by atoms with Crippen LogP contribution in [0.4, 0.5) is 0 Å². The summed E-state index contributed by atoms with van der Waals surface area (Å²) in [6, 6.07) is 0. The number of aliphatic hydroxyl groups is 4. The van der Waals surface area contributed by atoms with E-state index in [4.69, 9.17) is 18.9 Å². The molecule has 6 unspecified atom stereocenters. The van der Waals surface area contributed by atoms with Gasteiger partial charge in [0.15, 0.2) is 6.29 Å². The molecule has 0 radical (unpaired) electrons. The molecule has 6 atom stereocenters. The zero-order chi connectivity index (χ0) is 44.3. The van der Waals surface area contributed by atoms with Crippen LogP contribution in [-0.2, 0) is 23.7 Å². The Kier molecular flexibility index (Phi) is 39.8. The molecular formula is C52H90O9. The summed E-state index contributed by atoms with van der Waals surface area (Å²) < 4.78 is 22.8. The van der Waals surface area contributed by atoms with Gasteiger partial charge >= 0.3 is 5.97 Å². The van der Waals surface area contributed by atoms with Gasteiger partial charge in [-0.1, -0.05) is 189 Å². The van der Waals surface area contributed by atoms with Crippen LogP contribution in [0.1, 0.15) is 187 Å². The van der Waals surface area contributed by atoms with Gasteiger partial charge in [0.05, 0.1) is 19.8 Å². The second-order valence-corrected chi connectivity index (χ2v) is 16.5. The SMILES string of the molecule is CC/C=C\C/C=C\C/C=C\C/C=C\C/C=C\C/C=C\CCCCCCCCC(=O)OC(COCCCCCCCCCCCCCCC)COC1OC(CO)C(O)C(O)C1O. The van der Waals surface area contributed by atoms with Gasteiger partial charge in [0.25, 0.3) is 0 Å². The van der Waals surface area contributed by atoms with E-state index >= 15 is 0 Å². The number of unbranched alkanes of at least 4 members (excludes halogenated alkanes) is 18. The summed E-state index contributed by atoms with van der Waals surface area (Å²) in [5.41, 5.74) is 0. The lowest BCUT2D eigenvalue weighted by atomic mass is 9.99. The first-order valence-electron chi connectivity index (χ1n) is 24.5. The van der Waals surface area contributed by atoms with Gasteiger partial charge in [-0.05, 0) is 64.2 Å². The monoisotopic (exact) mass is 859 g/mol. The molecule has 9 heteroatoms. The van der Waals surface area contributed by atoms with Crippen LogP contribution in [0.3, 0.4) is 0 Å². The molecule has 0 aromatic heterocycles. The van der Waals surface area contributed by atoms with Gasteiger partial charge in [0.1, 0.15) is 30.5 Å². The van der Waals surface area contributed by atoms with E-state index in [-0.39, 0.29) is 19.2 Å². The zero-order valence-corrected chi connectivity index (χ0v) is 38.6. The molecule has 0 aromatic carbocycles. The van der Waals surface area contributed by atoms with Crippen molar-refractivity contribution in [1.82, 2.24) is 0 Å². The lowest BCUT2D eigenvalue weighted by molar-refractivity contribution is -0.305.